The highest BCUT2D eigenvalue weighted by atomic mass is 16.6. The van der Waals surface area contributed by atoms with E-state index in [9.17, 15) is 10.1 Å². The molecule has 6 nitrogen and oxygen atoms in total. The fourth-order valence-electron chi connectivity index (χ4n) is 1.09. The summed E-state index contributed by atoms with van der Waals surface area (Å²) < 4.78 is 0. The molecule has 0 spiro atoms. The minimum Gasteiger partial charge on any atom is -0.368 e. The summed E-state index contributed by atoms with van der Waals surface area (Å²) in [4.78, 5) is 14.1. The molecule has 0 amide bonds. The number of anilines is 1. The number of nitro groups is 1. The molecule has 0 aromatic carbocycles. The Labute approximate surface area is 94.0 Å². The number of rotatable bonds is 5. The first kappa shape index (κ1) is 12.4. The molecule has 0 aliphatic carbocycles. The monoisotopic (exact) mass is 224 g/mol. The maximum Gasteiger partial charge on any atom is 0.274 e. The van der Waals surface area contributed by atoms with Gasteiger partial charge >= 0.3 is 0 Å². The number of hydrogen-bond donors (Lipinski definition) is 2. The van der Waals surface area contributed by atoms with Crippen molar-refractivity contribution >= 4 is 11.5 Å². The zero-order chi connectivity index (χ0) is 12.1. The fourth-order valence-corrected chi connectivity index (χ4v) is 1.09. The maximum atomic E-state index is 10.5. The first-order chi connectivity index (χ1) is 7.50. The van der Waals surface area contributed by atoms with Crippen LogP contribution in [0.2, 0.25) is 0 Å². The lowest BCUT2D eigenvalue weighted by molar-refractivity contribution is -0.384. The summed E-state index contributed by atoms with van der Waals surface area (Å²) in [5.74, 6) is 0.830. The summed E-state index contributed by atoms with van der Waals surface area (Å²) in [7, 11) is 0. The number of nitrogens with two attached hydrogens (primary N) is 1. The van der Waals surface area contributed by atoms with E-state index in [-0.39, 0.29) is 11.7 Å². The zero-order valence-corrected chi connectivity index (χ0v) is 9.38. The first-order valence-corrected chi connectivity index (χ1v) is 5.10. The second-order valence-corrected chi connectivity index (χ2v) is 3.95. The molecule has 0 radical (unpaired) electrons. The van der Waals surface area contributed by atoms with Crippen LogP contribution < -0.4 is 11.1 Å². The Balaban J connectivity index is 2.61. The van der Waals surface area contributed by atoms with Gasteiger partial charge in [-0.05, 0) is 5.92 Å². The molecule has 1 aromatic rings. The summed E-state index contributed by atoms with van der Waals surface area (Å²) in [5.41, 5.74) is 5.86. The molecular weight excluding hydrogens is 208 g/mol. The highest BCUT2D eigenvalue weighted by molar-refractivity contribution is 5.44. The van der Waals surface area contributed by atoms with Crippen LogP contribution in [0.3, 0.4) is 0 Å². The maximum absolute atomic E-state index is 10.5. The molecule has 0 saturated heterocycles. The summed E-state index contributed by atoms with van der Waals surface area (Å²) in [6.07, 6.45) is 1.40. The van der Waals surface area contributed by atoms with Crippen LogP contribution in [0, 0.1) is 16.0 Å². The third kappa shape index (κ3) is 3.47. The van der Waals surface area contributed by atoms with Crippen LogP contribution in [-0.4, -0.2) is 22.5 Å². The van der Waals surface area contributed by atoms with Crippen molar-refractivity contribution in [2.24, 2.45) is 11.7 Å². The third-order valence-electron chi connectivity index (χ3n) is 2.33. The summed E-state index contributed by atoms with van der Waals surface area (Å²) in [6, 6.07) is 2.75. The molecule has 1 unspecified atom stereocenters. The highest BCUT2D eigenvalue weighted by Gasteiger charge is 2.09. The minimum absolute atomic E-state index is 0.000984. The number of aromatic nitrogens is 1. The Bertz CT molecular complexity index is 368. The summed E-state index contributed by atoms with van der Waals surface area (Å²) >= 11 is 0. The zero-order valence-electron chi connectivity index (χ0n) is 9.38. The lowest BCUT2D eigenvalue weighted by Crippen LogP contribution is -2.34. The van der Waals surface area contributed by atoms with E-state index < -0.39 is 4.92 Å². The van der Waals surface area contributed by atoms with E-state index in [1.807, 2.05) is 13.8 Å². The molecule has 0 saturated carbocycles. The lowest BCUT2D eigenvalue weighted by atomic mass is 10.1. The van der Waals surface area contributed by atoms with Crippen LogP contribution in [0.1, 0.15) is 13.8 Å². The Hall–Kier alpha value is -1.69. The van der Waals surface area contributed by atoms with Crippen molar-refractivity contribution in [2.45, 2.75) is 19.9 Å². The number of nitrogens with one attached hydrogen (secondary N) is 1. The fraction of sp³-hybridized carbons (Fsp3) is 0.500. The van der Waals surface area contributed by atoms with E-state index in [0.717, 1.165) is 0 Å². The molecular formula is C10H16N4O2. The number of hydrogen-bond acceptors (Lipinski definition) is 5. The van der Waals surface area contributed by atoms with Crippen molar-refractivity contribution < 1.29 is 4.92 Å². The van der Waals surface area contributed by atoms with E-state index in [4.69, 9.17) is 5.73 Å². The van der Waals surface area contributed by atoms with Crippen molar-refractivity contribution in [1.29, 1.82) is 0 Å². The van der Waals surface area contributed by atoms with Crippen LogP contribution in [0.5, 0.6) is 0 Å². The van der Waals surface area contributed by atoms with E-state index in [1.165, 1.54) is 18.3 Å². The molecule has 1 heterocycles. The van der Waals surface area contributed by atoms with Gasteiger partial charge in [0, 0.05) is 24.8 Å². The lowest BCUT2D eigenvalue weighted by Gasteiger charge is -2.16. The van der Waals surface area contributed by atoms with Gasteiger partial charge in [0.2, 0.25) is 0 Å². The molecule has 1 atom stereocenters. The van der Waals surface area contributed by atoms with Crippen molar-refractivity contribution in [3.63, 3.8) is 0 Å². The Morgan fingerprint density at radius 3 is 2.88 bits per heavy atom. The van der Waals surface area contributed by atoms with Gasteiger partial charge in [-0.25, -0.2) is 4.98 Å². The van der Waals surface area contributed by atoms with Crippen molar-refractivity contribution in [3.8, 4) is 0 Å². The molecule has 1 rings (SSSR count). The first-order valence-electron chi connectivity index (χ1n) is 5.10. The van der Waals surface area contributed by atoms with Gasteiger partial charge in [0.1, 0.15) is 5.82 Å². The van der Waals surface area contributed by atoms with Crippen LogP contribution in [0.4, 0.5) is 11.5 Å². The molecule has 16 heavy (non-hydrogen) atoms. The molecule has 0 fully saturated rings. The van der Waals surface area contributed by atoms with Gasteiger partial charge in [0.05, 0.1) is 11.0 Å². The average Bonchev–Trinajstić information content (AvgIpc) is 2.26. The van der Waals surface area contributed by atoms with E-state index in [2.05, 4.69) is 10.3 Å². The van der Waals surface area contributed by atoms with Crippen LogP contribution in [0.15, 0.2) is 18.3 Å². The Morgan fingerprint density at radius 1 is 1.62 bits per heavy atom. The predicted octanol–water partition coefficient (Wildman–Crippen LogP) is 1.39. The van der Waals surface area contributed by atoms with Gasteiger partial charge in [-0.2, -0.15) is 0 Å². The molecule has 3 N–H and O–H groups in total. The van der Waals surface area contributed by atoms with E-state index >= 15 is 0 Å². The topological polar surface area (TPSA) is 94.1 Å². The molecule has 88 valence electrons. The van der Waals surface area contributed by atoms with Gasteiger partial charge in [0.15, 0.2) is 0 Å². The molecule has 6 heteroatoms. The molecule has 0 aliphatic rings. The minimum atomic E-state index is -0.449. The SMILES string of the molecule is CC(C)C(N)CNc1cc([N+](=O)[O-])ccn1. The van der Waals surface area contributed by atoms with Crippen molar-refractivity contribution in [3.05, 3.63) is 28.4 Å². The standard InChI is InChI=1S/C10H16N4O2/c1-7(2)9(11)6-13-10-5-8(14(15)16)3-4-12-10/h3-5,7,9H,6,11H2,1-2H3,(H,12,13). The van der Waals surface area contributed by atoms with Crippen molar-refractivity contribution in [2.75, 3.05) is 11.9 Å². The Kier molecular flexibility index (Phi) is 4.19. The normalized spacial score (nSPS) is 12.5. The van der Waals surface area contributed by atoms with Crippen molar-refractivity contribution in [1.82, 2.24) is 4.98 Å². The van der Waals surface area contributed by atoms with Gasteiger partial charge in [0.25, 0.3) is 5.69 Å². The van der Waals surface area contributed by atoms with Crippen LogP contribution in [0.25, 0.3) is 0 Å². The quantitative estimate of drug-likeness (QED) is 0.582. The number of nitrogens with zero attached hydrogens (tertiary/aromatic N) is 2. The number of pyridine rings is 1. The van der Waals surface area contributed by atoms with Gasteiger partial charge < -0.3 is 11.1 Å². The Morgan fingerprint density at radius 2 is 2.31 bits per heavy atom. The molecule has 1 aromatic heterocycles. The summed E-state index contributed by atoms with van der Waals surface area (Å²) in [5, 5.41) is 13.5. The van der Waals surface area contributed by atoms with Crippen LogP contribution >= 0.6 is 0 Å². The molecule has 0 bridgehead atoms. The smallest absolute Gasteiger partial charge is 0.274 e. The highest BCUT2D eigenvalue weighted by Crippen LogP contribution is 2.14. The summed E-state index contributed by atoms with van der Waals surface area (Å²) in [6.45, 7) is 4.59. The van der Waals surface area contributed by atoms with Gasteiger partial charge in [-0.1, -0.05) is 13.8 Å². The average molecular weight is 224 g/mol. The van der Waals surface area contributed by atoms with Crippen LogP contribution in [-0.2, 0) is 0 Å². The van der Waals surface area contributed by atoms with E-state index in [0.29, 0.717) is 18.3 Å². The van der Waals surface area contributed by atoms with Gasteiger partial charge in [-0.15, -0.1) is 0 Å². The second kappa shape index (κ2) is 5.41. The second-order valence-electron chi connectivity index (χ2n) is 3.95. The van der Waals surface area contributed by atoms with E-state index in [1.54, 1.807) is 0 Å². The molecule has 0 aliphatic heterocycles. The van der Waals surface area contributed by atoms with Gasteiger partial charge in [-0.3, -0.25) is 10.1 Å². The predicted molar refractivity (Wildman–Crippen MR) is 62.2 cm³/mol. The third-order valence-corrected chi connectivity index (χ3v) is 2.33. The largest absolute Gasteiger partial charge is 0.368 e.